The van der Waals surface area contributed by atoms with Crippen LogP contribution in [-0.2, 0) is 6.54 Å². The molecule has 0 saturated carbocycles. The van der Waals surface area contributed by atoms with Crippen molar-refractivity contribution in [3.05, 3.63) is 47.8 Å². The average Bonchev–Trinajstić information content (AvgIpc) is 2.40. The Balaban J connectivity index is 2.01. The van der Waals surface area contributed by atoms with E-state index in [2.05, 4.69) is 15.3 Å². The zero-order valence-electron chi connectivity index (χ0n) is 11.2. The first-order chi connectivity index (χ1) is 9.54. The molecule has 0 saturated heterocycles. The average molecular weight is 279 g/mol. The highest BCUT2D eigenvalue weighted by Crippen LogP contribution is 2.14. The molecule has 2 aromatic rings. The molecule has 1 aromatic heterocycles. The molecule has 0 fully saturated rings. The van der Waals surface area contributed by atoms with Crippen LogP contribution in [-0.4, -0.2) is 16.1 Å². The number of anilines is 1. The first-order valence-corrected chi connectivity index (χ1v) is 6.21. The molecule has 0 radical (unpaired) electrons. The minimum atomic E-state index is -0.865. The van der Waals surface area contributed by atoms with Crippen LogP contribution < -0.4 is 10.1 Å². The summed E-state index contributed by atoms with van der Waals surface area (Å²) in [6, 6.07) is 5.41. The third-order valence-electron chi connectivity index (χ3n) is 2.46. The van der Waals surface area contributed by atoms with Crippen LogP contribution in [0.25, 0.3) is 0 Å². The summed E-state index contributed by atoms with van der Waals surface area (Å²) in [4.78, 5) is 8.01. The van der Waals surface area contributed by atoms with Crippen LogP contribution in [0.1, 0.15) is 19.4 Å². The molecule has 4 nitrogen and oxygen atoms in total. The van der Waals surface area contributed by atoms with Gasteiger partial charge in [0.2, 0.25) is 5.88 Å². The van der Waals surface area contributed by atoms with Gasteiger partial charge in [0.05, 0.1) is 6.10 Å². The Kier molecular flexibility index (Phi) is 4.45. The summed E-state index contributed by atoms with van der Waals surface area (Å²) in [5, 5.41) is 3.00. The Morgan fingerprint density at radius 2 is 1.95 bits per heavy atom. The van der Waals surface area contributed by atoms with Crippen molar-refractivity contribution in [2.75, 3.05) is 5.32 Å². The summed E-state index contributed by atoms with van der Waals surface area (Å²) in [6.45, 7) is 4.13. The maximum Gasteiger partial charge on any atom is 0.218 e. The van der Waals surface area contributed by atoms with E-state index in [-0.39, 0.29) is 6.10 Å². The maximum absolute atomic E-state index is 13.1. The van der Waals surface area contributed by atoms with E-state index in [0.29, 0.717) is 23.8 Å². The SMILES string of the molecule is CC(C)Oc1cc(NCc2ccc(F)c(F)c2)ncn1. The summed E-state index contributed by atoms with van der Waals surface area (Å²) in [5.41, 5.74) is 0.619. The zero-order valence-corrected chi connectivity index (χ0v) is 11.2. The first kappa shape index (κ1) is 14.2. The van der Waals surface area contributed by atoms with E-state index in [0.717, 1.165) is 12.1 Å². The molecule has 1 N–H and O–H groups in total. The standard InChI is InChI=1S/C14H15F2N3O/c1-9(2)20-14-6-13(18-8-19-14)17-7-10-3-4-11(15)12(16)5-10/h3-6,8-9H,7H2,1-2H3,(H,17,18,19). The van der Waals surface area contributed by atoms with E-state index in [1.807, 2.05) is 13.8 Å². The Morgan fingerprint density at radius 1 is 1.15 bits per heavy atom. The van der Waals surface area contributed by atoms with E-state index in [1.165, 1.54) is 12.4 Å². The van der Waals surface area contributed by atoms with Gasteiger partial charge in [-0.1, -0.05) is 6.07 Å². The van der Waals surface area contributed by atoms with Gasteiger partial charge in [-0.2, -0.15) is 0 Å². The lowest BCUT2D eigenvalue weighted by atomic mass is 10.2. The van der Waals surface area contributed by atoms with Gasteiger partial charge in [-0.05, 0) is 31.5 Å². The van der Waals surface area contributed by atoms with Crippen molar-refractivity contribution >= 4 is 5.82 Å². The number of benzene rings is 1. The lowest BCUT2D eigenvalue weighted by molar-refractivity contribution is 0.232. The fourth-order valence-electron chi connectivity index (χ4n) is 1.58. The predicted octanol–water partition coefficient (Wildman–Crippen LogP) is 3.15. The second-order valence-electron chi connectivity index (χ2n) is 4.51. The third kappa shape index (κ3) is 3.88. The Bertz CT molecular complexity index is 590. The number of nitrogens with zero attached hydrogens (tertiary/aromatic N) is 2. The van der Waals surface area contributed by atoms with Crippen LogP contribution in [0.4, 0.5) is 14.6 Å². The molecule has 0 spiro atoms. The molecule has 6 heteroatoms. The summed E-state index contributed by atoms with van der Waals surface area (Å²) >= 11 is 0. The lowest BCUT2D eigenvalue weighted by Gasteiger charge is -2.10. The fourth-order valence-corrected chi connectivity index (χ4v) is 1.58. The molecule has 0 aliphatic carbocycles. The van der Waals surface area contributed by atoms with Crippen LogP contribution in [0.2, 0.25) is 0 Å². The van der Waals surface area contributed by atoms with Gasteiger partial charge in [-0.25, -0.2) is 18.7 Å². The summed E-state index contributed by atoms with van der Waals surface area (Å²) < 4.78 is 31.3. The van der Waals surface area contributed by atoms with Crippen LogP contribution in [0.15, 0.2) is 30.6 Å². The van der Waals surface area contributed by atoms with Crippen molar-refractivity contribution < 1.29 is 13.5 Å². The predicted molar refractivity (Wildman–Crippen MR) is 71.5 cm³/mol. The number of halogens is 2. The smallest absolute Gasteiger partial charge is 0.218 e. The Hall–Kier alpha value is -2.24. The minimum Gasteiger partial charge on any atom is -0.475 e. The summed E-state index contributed by atoms with van der Waals surface area (Å²) in [6.07, 6.45) is 1.40. The molecule has 1 heterocycles. The Labute approximate surface area is 115 Å². The highest BCUT2D eigenvalue weighted by atomic mass is 19.2. The topological polar surface area (TPSA) is 47.0 Å². The van der Waals surface area contributed by atoms with Gasteiger partial charge < -0.3 is 10.1 Å². The van der Waals surface area contributed by atoms with Gasteiger partial charge in [0.1, 0.15) is 12.1 Å². The number of aromatic nitrogens is 2. The lowest BCUT2D eigenvalue weighted by Crippen LogP contribution is -2.08. The zero-order chi connectivity index (χ0) is 14.5. The molecular weight excluding hydrogens is 264 g/mol. The summed E-state index contributed by atoms with van der Waals surface area (Å²) in [7, 11) is 0. The van der Waals surface area contributed by atoms with Gasteiger partial charge in [0.25, 0.3) is 0 Å². The molecule has 106 valence electrons. The van der Waals surface area contributed by atoms with Crippen molar-refractivity contribution in [3.8, 4) is 5.88 Å². The van der Waals surface area contributed by atoms with Crippen LogP contribution >= 0.6 is 0 Å². The molecule has 0 aliphatic rings. The molecule has 0 aliphatic heterocycles. The van der Waals surface area contributed by atoms with Crippen molar-refractivity contribution in [2.24, 2.45) is 0 Å². The quantitative estimate of drug-likeness (QED) is 0.913. The van der Waals surface area contributed by atoms with Crippen LogP contribution in [0.3, 0.4) is 0 Å². The van der Waals surface area contributed by atoms with Gasteiger partial charge in [-0.3, -0.25) is 0 Å². The van der Waals surface area contributed by atoms with E-state index in [9.17, 15) is 8.78 Å². The number of rotatable bonds is 5. The van der Waals surface area contributed by atoms with Gasteiger partial charge in [0.15, 0.2) is 11.6 Å². The van der Waals surface area contributed by atoms with Crippen molar-refractivity contribution in [1.29, 1.82) is 0 Å². The first-order valence-electron chi connectivity index (χ1n) is 6.21. The third-order valence-corrected chi connectivity index (χ3v) is 2.46. The molecule has 0 atom stereocenters. The van der Waals surface area contributed by atoms with Gasteiger partial charge in [0, 0.05) is 12.6 Å². The fraction of sp³-hybridized carbons (Fsp3) is 0.286. The van der Waals surface area contributed by atoms with Crippen LogP contribution in [0, 0.1) is 11.6 Å². The monoisotopic (exact) mass is 279 g/mol. The second-order valence-corrected chi connectivity index (χ2v) is 4.51. The van der Waals surface area contributed by atoms with Crippen molar-refractivity contribution in [1.82, 2.24) is 9.97 Å². The highest BCUT2D eigenvalue weighted by Gasteiger charge is 2.04. The Morgan fingerprint density at radius 3 is 2.65 bits per heavy atom. The number of hydrogen-bond donors (Lipinski definition) is 1. The van der Waals surface area contributed by atoms with Gasteiger partial charge >= 0.3 is 0 Å². The molecule has 1 aromatic carbocycles. The van der Waals surface area contributed by atoms with Gasteiger partial charge in [-0.15, -0.1) is 0 Å². The van der Waals surface area contributed by atoms with Crippen molar-refractivity contribution in [3.63, 3.8) is 0 Å². The van der Waals surface area contributed by atoms with E-state index >= 15 is 0 Å². The largest absolute Gasteiger partial charge is 0.475 e. The van der Waals surface area contributed by atoms with E-state index in [1.54, 1.807) is 6.07 Å². The number of nitrogens with one attached hydrogen (secondary N) is 1. The highest BCUT2D eigenvalue weighted by molar-refractivity contribution is 5.38. The van der Waals surface area contributed by atoms with Crippen molar-refractivity contribution in [2.45, 2.75) is 26.5 Å². The molecule has 2 rings (SSSR count). The molecule has 20 heavy (non-hydrogen) atoms. The maximum atomic E-state index is 13.1. The minimum absolute atomic E-state index is 0.0175. The number of hydrogen-bond acceptors (Lipinski definition) is 4. The molecule has 0 amide bonds. The number of ether oxygens (including phenoxy) is 1. The van der Waals surface area contributed by atoms with E-state index in [4.69, 9.17) is 4.74 Å². The molecular formula is C14H15F2N3O. The van der Waals surface area contributed by atoms with Crippen LogP contribution in [0.5, 0.6) is 5.88 Å². The second kappa shape index (κ2) is 6.27. The van der Waals surface area contributed by atoms with E-state index < -0.39 is 11.6 Å². The summed E-state index contributed by atoms with van der Waals surface area (Å²) in [5.74, 6) is -0.706. The normalized spacial score (nSPS) is 10.7. The molecule has 0 unspecified atom stereocenters. The molecule has 0 bridgehead atoms.